The SMILES string of the molecule is CCOC(=O)C(OP(=O)(OCC(C)C)OCC(C)C)C(F)(F)F. The molecule has 0 saturated carbocycles. The Hall–Kier alpha value is -0.630. The van der Waals surface area contributed by atoms with Crippen LogP contribution in [0.3, 0.4) is 0 Å². The van der Waals surface area contributed by atoms with Crippen LogP contribution in [0.1, 0.15) is 34.6 Å². The Morgan fingerprint density at radius 3 is 1.78 bits per heavy atom. The first-order chi connectivity index (χ1) is 10.4. The van der Waals surface area contributed by atoms with Gasteiger partial charge in [-0.15, -0.1) is 0 Å². The molecule has 0 aliphatic heterocycles. The van der Waals surface area contributed by atoms with Gasteiger partial charge >= 0.3 is 20.0 Å². The number of esters is 1. The number of rotatable bonds is 10. The molecule has 0 saturated heterocycles. The third kappa shape index (κ3) is 9.30. The van der Waals surface area contributed by atoms with Crippen LogP contribution >= 0.6 is 7.82 Å². The maximum atomic E-state index is 13.0. The number of halogens is 3. The Morgan fingerprint density at radius 1 is 1.04 bits per heavy atom. The minimum absolute atomic E-state index is 0.124. The molecule has 0 aliphatic carbocycles. The van der Waals surface area contributed by atoms with Crippen molar-refractivity contribution in [3.63, 3.8) is 0 Å². The van der Waals surface area contributed by atoms with Gasteiger partial charge in [0.05, 0.1) is 19.8 Å². The Kier molecular flexibility index (Phi) is 9.35. The number of phosphoric acid groups is 1. The van der Waals surface area contributed by atoms with E-state index in [1.54, 1.807) is 27.7 Å². The van der Waals surface area contributed by atoms with Crippen molar-refractivity contribution in [1.82, 2.24) is 0 Å². The van der Waals surface area contributed by atoms with Crippen LogP contribution in [0, 0.1) is 11.8 Å². The molecule has 0 N–H and O–H groups in total. The third-order valence-electron chi connectivity index (χ3n) is 2.16. The lowest BCUT2D eigenvalue weighted by Gasteiger charge is -2.25. The lowest BCUT2D eigenvalue weighted by molar-refractivity contribution is -0.215. The van der Waals surface area contributed by atoms with Crippen LogP contribution in [0.5, 0.6) is 0 Å². The topological polar surface area (TPSA) is 71.1 Å². The summed E-state index contributed by atoms with van der Waals surface area (Å²) in [6.45, 7) is 7.59. The summed E-state index contributed by atoms with van der Waals surface area (Å²) in [4.78, 5) is 11.4. The fourth-order valence-electron chi connectivity index (χ4n) is 1.16. The lowest BCUT2D eigenvalue weighted by Crippen LogP contribution is -2.40. The predicted molar refractivity (Wildman–Crippen MR) is 76.7 cm³/mol. The third-order valence-corrected chi connectivity index (χ3v) is 3.56. The minimum atomic E-state index is -5.11. The van der Waals surface area contributed by atoms with E-state index in [1.165, 1.54) is 6.92 Å². The highest BCUT2D eigenvalue weighted by molar-refractivity contribution is 7.48. The largest absolute Gasteiger partial charge is 0.475 e. The molecule has 6 nitrogen and oxygen atoms in total. The predicted octanol–water partition coefficient (Wildman–Crippen LogP) is 3.95. The summed E-state index contributed by atoms with van der Waals surface area (Å²) < 4.78 is 69.8. The monoisotopic (exact) mass is 364 g/mol. The number of phosphoric ester groups is 1. The van der Waals surface area contributed by atoms with Gasteiger partial charge in [0.15, 0.2) is 0 Å². The van der Waals surface area contributed by atoms with Crippen molar-refractivity contribution in [2.75, 3.05) is 19.8 Å². The molecule has 10 heteroatoms. The van der Waals surface area contributed by atoms with E-state index in [2.05, 4.69) is 9.26 Å². The highest BCUT2D eigenvalue weighted by atomic mass is 31.2. The first-order valence-corrected chi connectivity index (χ1v) is 8.68. The van der Waals surface area contributed by atoms with Crippen LogP contribution in [0.2, 0.25) is 0 Å². The second kappa shape index (κ2) is 9.61. The molecule has 23 heavy (non-hydrogen) atoms. The molecule has 0 aromatic heterocycles. The summed E-state index contributed by atoms with van der Waals surface area (Å²) in [6, 6.07) is 0. The van der Waals surface area contributed by atoms with E-state index in [4.69, 9.17) is 9.05 Å². The van der Waals surface area contributed by atoms with E-state index in [-0.39, 0.29) is 31.7 Å². The second-order valence-electron chi connectivity index (χ2n) is 5.61. The zero-order valence-electron chi connectivity index (χ0n) is 13.9. The molecule has 0 rings (SSSR count). The number of alkyl halides is 3. The van der Waals surface area contributed by atoms with Crippen molar-refractivity contribution in [2.45, 2.75) is 46.9 Å². The zero-order valence-corrected chi connectivity index (χ0v) is 14.8. The smallest absolute Gasteiger partial charge is 0.464 e. The number of hydrogen-bond acceptors (Lipinski definition) is 6. The number of carbonyl (C=O) groups is 1. The van der Waals surface area contributed by atoms with Gasteiger partial charge in [-0.25, -0.2) is 9.36 Å². The van der Waals surface area contributed by atoms with Gasteiger partial charge in [0.2, 0.25) is 0 Å². The first-order valence-electron chi connectivity index (χ1n) is 7.22. The van der Waals surface area contributed by atoms with Gasteiger partial charge < -0.3 is 4.74 Å². The molecule has 0 bridgehead atoms. The zero-order chi connectivity index (χ0) is 18.3. The number of ether oxygens (including phenoxy) is 1. The normalized spacial score (nSPS) is 14.3. The molecule has 0 aliphatic rings. The molecule has 0 spiro atoms. The molecule has 0 amide bonds. The van der Waals surface area contributed by atoms with Crippen molar-refractivity contribution >= 4 is 13.8 Å². The summed E-state index contributed by atoms with van der Waals surface area (Å²) in [7, 11) is -4.58. The average Bonchev–Trinajstić information content (AvgIpc) is 2.40. The Labute approximate surface area is 134 Å². The van der Waals surface area contributed by atoms with Crippen molar-refractivity contribution in [3.05, 3.63) is 0 Å². The molecule has 0 radical (unpaired) electrons. The summed E-state index contributed by atoms with van der Waals surface area (Å²) in [5, 5.41) is 0. The van der Waals surface area contributed by atoms with E-state index in [0.717, 1.165) is 0 Å². The van der Waals surface area contributed by atoms with Crippen LogP contribution in [0.4, 0.5) is 13.2 Å². The van der Waals surface area contributed by atoms with E-state index in [1.807, 2.05) is 0 Å². The van der Waals surface area contributed by atoms with Gasteiger partial charge in [-0.1, -0.05) is 27.7 Å². The second-order valence-corrected chi connectivity index (χ2v) is 7.23. The van der Waals surface area contributed by atoms with Gasteiger partial charge in [-0.2, -0.15) is 13.2 Å². The molecule has 0 aromatic carbocycles. The summed E-state index contributed by atoms with van der Waals surface area (Å²) in [5.74, 6) is -1.94. The number of carbonyl (C=O) groups excluding carboxylic acids is 1. The highest BCUT2D eigenvalue weighted by Crippen LogP contribution is 2.53. The Bertz CT molecular complexity index is 395. The van der Waals surface area contributed by atoms with Crippen molar-refractivity contribution in [1.29, 1.82) is 0 Å². The van der Waals surface area contributed by atoms with E-state index in [9.17, 15) is 22.5 Å². The van der Waals surface area contributed by atoms with Gasteiger partial charge in [-0.05, 0) is 18.8 Å². The summed E-state index contributed by atoms with van der Waals surface area (Å²) in [5.41, 5.74) is 0. The molecule has 1 unspecified atom stereocenters. The molecule has 0 heterocycles. The molecular weight excluding hydrogens is 340 g/mol. The molecule has 138 valence electrons. The van der Waals surface area contributed by atoms with Gasteiger partial charge in [0.1, 0.15) is 0 Å². The number of hydrogen-bond donors (Lipinski definition) is 0. The maximum Gasteiger partial charge on any atom is 0.475 e. The Balaban J connectivity index is 5.25. The summed E-state index contributed by atoms with van der Waals surface area (Å²) in [6.07, 6.45) is -8.14. The first kappa shape index (κ1) is 22.4. The van der Waals surface area contributed by atoms with Crippen LogP contribution in [0.25, 0.3) is 0 Å². The van der Waals surface area contributed by atoms with E-state index >= 15 is 0 Å². The van der Waals surface area contributed by atoms with Gasteiger partial charge in [-0.3, -0.25) is 13.6 Å². The van der Waals surface area contributed by atoms with E-state index in [0.29, 0.717) is 0 Å². The highest BCUT2D eigenvalue weighted by Gasteiger charge is 2.52. The minimum Gasteiger partial charge on any atom is -0.464 e. The lowest BCUT2D eigenvalue weighted by atomic mass is 10.2. The maximum absolute atomic E-state index is 13.0. The van der Waals surface area contributed by atoms with Gasteiger partial charge in [0.25, 0.3) is 6.10 Å². The fraction of sp³-hybridized carbons (Fsp3) is 0.923. The van der Waals surface area contributed by atoms with Crippen LogP contribution in [-0.4, -0.2) is 38.1 Å². The molecule has 1 atom stereocenters. The van der Waals surface area contributed by atoms with Crippen molar-refractivity contribution < 1.29 is 40.8 Å². The summed E-state index contributed by atoms with van der Waals surface area (Å²) >= 11 is 0. The van der Waals surface area contributed by atoms with E-state index < -0.39 is 26.1 Å². The molecule has 0 aromatic rings. The quantitative estimate of drug-likeness (QED) is 0.432. The fourth-order valence-corrected chi connectivity index (χ4v) is 2.78. The molecule has 0 fully saturated rings. The Morgan fingerprint density at radius 2 is 1.48 bits per heavy atom. The molecular formula is C13H24F3O6P. The van der Waals surface area contributed by atoms with Crippen LogP contribution in [-0.2, 0) is 27.7 Å². The van der Waals surface area contributed by atoms with Crippen LogP contribution < -0.4 is 0 Å². The standard InChI is InChI=1S/C13H24F3O6P/c1-6-19-12(17)11(13(14,15)16)22-23(18,20-7-9(2)3)21-8-10(4)5/h9-11H,6-8H2,1-5H3. The van der Waals surface area contributed by atoms with Crippen LogP contribution in [0.15, 0.2) is 0 Å². The average molecular weight is 364 g/mol. The van der Waals surface area contributed by atoms with Gasteiger partial charge in [0, 0.05) is 0 Å². The van der Waals surface area contributed by atoms with Crippen molar-refractivity contribution in [3.8, 4) is 0 Å². The van der Waals surface area contributed by atoms with Crippen molar-refractivity contribution in [2.24, 2.45) is 11.8 Å².